The minimum absolute atomic E-state index is 0.0330. The maximum atomic E-state index is 12.5. The molecule has 0 bridgehead atoms. The van der Waals surface area contributed by atoms with Crippen LogP contribution in [0.5, 0.6) is 0 Å². The molecule has 3 rings (SSSR count). The van der Waals surface area contributed by atoms with Crippen molar-refractivity contribution < 1.29 is 19.4 Å². The molecule has 0 aromatic heterocycles. The van der Waals surface area contributed by atoms with Crippen molar-refractivity contribution in [1.82, 2.24) is 0 Å². The molecule has 1 N–H and O–H groups in total. The number of carbonyl (C=O) groups excluding carboxylic acids is 2. The topological polar surface area (TPSA) is 63.6 Å². The maximum absolute atomic E-state index is 12.5. The summed E-state index contributed by atoms with van der Waals surface area (Å²) in [5.41, 5.74) is -1.75. The van der Waals surface area contributed by atoms with Gasteiger partial charge in [0.2, 0.25) is 11.6 Å². The van der Waals surface area contributed by atoms with Crippen LogP contribution in [0.1, 0.15) is 27.2 Å². The van der Waals surface area contributed by atoms with Crippen LogP contribution in [0, 0.1) is 11.3 Å². The summed E-state index contributed by atoms with van der Waals surface area (Å²) in [4.78, 5) is 24.8. The summed E-state index contributed by atoms with van der Waals surface area (Å²) in [5.74, 6) is -3.06. The van der Waals surface area contributed by atoms with Crippen molar-refractivity contribution in [1.29, 1.82) is 0 Å². The summed E-state index contributed by atoms with van der Waals surface area (Å²) in [6.07, 6.45) is 3.26. The number of halogens is 1. The lowest BCUT2D eigenvalue weighted by Gasteiger charge is -2.35. The Morgan fingerprint density at radius 3 is 2.68 bits per heavy atom. The Balaban J connectivity index is 2.16. The number of hydrogen-bond donors (Lipinski definition) is 1. The first-order chi connectivity index (χ1) is 8.70. The minimum Gasteiger partial charge on any atom is -0.358 e. The molecule has 1 spiro atoms. The number of hydrogen-bond acceptors (Lipinski definition) is 4. The summed E-state index contributed by atoms with van der Waals surface area (Å²) in [7, 11) is 0. The number of rotatable bonds is 1. The molecule has 0 aromatic rings. The Kier molecular flexibility index (Phi) is 2.31. The Bertz CT molecular complexity index is 574. The smallest absolute Gasteiger partial charge is 0.245 e. The molecule has 1 aliphatic heterocycles. The average molecular weight is 283 g/mol. The molecule has 102 valence electrons. The van der Waals surface area contributed by atoms with E-state index in [1.807, 2.05) is 0 Å². The Labute approximate surface area is 116 Å². The second-order valence-electron chi connectivity index (χ2n) is 5.97. The Hall–Kier alpha value is -0.970. The van der Waals surface area contributed by atoms with Gasteiger partial charge in [0, 0.05) is 16.5 Å². The fraction of sp³-hybridized carbons (Fsp3) is 0.571. The summed E-state index contributed by atoms with van der Waals surface area (Å²) in [6, 6.07) is 0. The molecule has 2 fully saturated rings. The van der Waals surface area contributed by atoms with Crippen molar-refractivity contribution in [3.05, 3.63) is 22.8 Å². The summed E-state index contributed by atoms with van der Waals surface area (Å²) >= 11 is 5.94. The molecule has 0 radical (unpaired) electrons. The van der Waals surface area contributed by atoms with Gasteiger partial charge in [0.15, 0.2) is 5.78 Å². The lowest BCUT2D eigenvalue weighted by atomic mass is 9.77. The Morgan fingerprint density at radius 2 is 2.16 bits per heavy atom. The van der Waals surface area contributed by atoms with Gasteiger partial charge in [-0.05, 0) is 33.3 Å². The third kappa shape index (κ3) is 1.27. The van der Waals surface area contributed by atoms with E-state index in [4.69, 9.17) is 16.3 Å². The minimum atomic E-state index is -2.06. The molecule has 0 amide bonds. The average Bonchev–Trinajstić information content (AvgIpc) is 3.05. The molecule has 0 unspecified atom stereocenters. The van der Waals surface area contributed by atoms with Crippen LogP contribution in [-0.4, -0.2) is 28.1 Å². The summed E-state index contributed by atoms with van der Waals surface area (Å²) < 4.78 is 5.56. The zero-order chi connectivity index (χ0) is 14.2. The number of ketones is 2. The van der Waals surface area contributed by atoms with Crippen molar-refractivity contribution >= 4 is 23.2 Å². The monoisotopic (exact) mass is 282 g/mol. The van der Waals surface area contributed by atoms with E-state index in [0.717, 1.165) is 0 Å². The predicted octanol–water partition coefficient (Wildman–Crippen LogP) is 1.71. The molecular formula is C14H15ClO4. The van der Waals surface area contributed by atoms with Crippen molar-refractivity contribution in [2.75, 3.05) is 0 Å². The molecule has 5 heteroatoms. The van der Waals surface area contributed by atoms with Crippen molar-refractivity contribution in [3.8, 4) is 0 Å². The zero-order valence-corrected chi connectivity index (χ0v) is 11.7. The Morgan fingerprint density at radius 1 is 1.53 bits per heavy atom. The van der Waals surface area contributed by atoms with Gasteiger partial charge in [-0.2, -0.15) is 0 Å². The van der Waals surface area contributed by atoms with Crippen LogP contribution in [0.3, 0.4) is 0 Å². The highest BCUT2D eigenvalue weighted by Crippen LogP contribution is 2.73. The van der Waals surface area contributed by atoms with Crippen LogP contribution >= 0.6 is 11.6 Å². The zero-order valence-electron chi connectivity index (χ0n) is 11.0. The molecule has 19 heavy (non-hydrogen) atoms. The number of ether oxygens (including phenoxy) is 1. The molecule has 4 nitrogen and oxygen atoms in total. The van der Waals surface area contributed by atoms with E-state index >= 15 is 0 Å². The van der Waals surface area contributed by atoms with Gasteiger partial charge < -0.3 is 9.84 Å². The largest absolute Gasteiger partial charge is 0.358 e. The van der Waals surface area contributed by atoms with Crippen LogP contribution < -0.4 is 0 Å². The van der Waals surface area contributed by atoms with E-state index in [9.17, 15) is 14.7 Å². The third-order valence-corrected chi connectivity index (χ3v) is 5.02. The molecule has 3 atom stereocenters. The first-order valence-corrected chi connectivity index (χ1v) is 6.64. The van der Waals surface area contributed by atoms with E-state index in [1.165, 1.54) is 12.2 Å². The molecule has 0 aromatic carbocycles. The summed E-state index contributed by atoms with van der Waals surface area (Å²) in [5, 5.41) is 10.8. The van der Waals surface area contributed by atoms with Gasteiger partial charge in [0.05, 0.1) is 5.60 Å². The number of Topliss-reactive ketones (excluding diaryl/α,β-unsaturated/α-hetero) is 1. The SMILES string of the molecule is C/C=C(\Cl)C1=CC(=O)[C@@]23C[C@H]2C(C)(C)O[C@]3(O)C1=O. The van der Waals surface area contributed by atoms with Gasteiger partial charge in [-0.3, -0.25) is 9.59 Å². The van der Waals surface area contributed by atoms with Crippen LogP contribution in [-0.2, 0) is 14.3 Å². The molecule has 1 saturated carbocycles. The highest BCUT2D eigenvalue weighted by Gasteiger charge is 2.84. The van der Waals surface area contributed by atoms with E-state index in [1.54, 1.807) is 20.8 Å². The van der Waals surface area contributed by atoms with Crippen LogP contribution in [0.15, 0.2) is 22.8 Å². The highest BCUT2D eigenvalue weighted by molar-refractivity contribution is 6.37. The highest BCUT2D eigenvalue weighted by atomic mass is 35.5. The van der Waals surface area contributed by atoms with Crippen molar-refractivity contribution in [3.63, 3.8) is 0 Å². The second kappa shape index (κ2) is 3.37. The lowest BCUT2D eigenvalue weighted by molar-refractivity contribution is -0.238. The van der Waals surface area contributed by atoms with Crippen molar-refractivity contribution in [2.45, 2.75) is 38.6 Å². The van der Waals surface area contributed by atoms with Crippen LogP contribution in [0.4, 0.5) is 0 Å². The van der Waals surface area contributed by atoms with Gasteiger partial charge in [-0.25, -0.2) is 0 Å². The molecule has 1 saturated heterocycles. The number of carbonyl (C=O) groups is 2. The normalized spacial score (nSPS) is 43.7. The predicted molar refractivity (Wildman–Crippen MR) is 68.4 cm³/mol. The van der Waals surface area contributed by atoms with E-state index in [0.29, 0.717) is 6.42 Å². The summed E-state index contributed by atoms with van der Waals surface area (Å²) in [6.45, 7) is 5.25. The second-order valence-corrected chi connectivity index (χ2v) is 6.37. The fourth-order valence-electron chi connectivity index (χ4n) is 3.55. The van der Waals surface area contributed by atoms with Gasteiger partial charge in [-0.1, -0.05) is 17.7 Å². The number of aliphatic hydroxyl groups is 1. The molecule has 1 heterocycles. The van der Waals surface area contributed by atoms with Gasteiger partial charge in [0.1, 0.15) is 5.41 Å². The molecule has 2 aliphatic carbocycles. The van der Waals surface area contributed by atoms with Gasteiger partial charge >= 0.3 is 0 Å². The van der Waals surface area contributed by atoms with Crippen LogP contribution in [0.25, 0.3) is 0 Å². The first-order valence-electron chi connectivity index (χ1n) is 6.26. The fourth-order valence-corrected chi connectivity index (χ4v) is 3.69. The van der Waals surface area contributed by atoms with Gasteiger partial charge in [0.25, 0.3) is 0 Å². The van der Waals surface area contributed by atoms with Gasteiger partial charge in [-0.15, -0.1) is 0 Å². The number of allylic oxidation sites excluding steroid dienone is 3. The van der Waals surface area contributed by atoms with E-state index < -0.39 is 22.6 Å². The first kappa shape index (κ1) is 13.0. The van der Waals surface area contributed by atoms with Crippen molar-refractivity contribution in [2.24, 2.45) is 11.3 Å². The van der Waals surface area contributed by atoms with E-state index in [2.05, 4.69) is 0 Å². The maximum Gasteiger partial charge on any atom is 0.245 e. The third-order valence-electron chi connectivity index (χ3n) is 4.59. The molecule has 3 aliphatic rings. The van der Waals surface area contributed by atoms with Crippen LogP contribution in [0.2, 0.25) is 0 Å². The quantitative estimate of drug-likeness (QED) is 0.795. The molecular weight excluding hydrogens is 268 g/mol. The van der Waals surface area contributed by atoms with E-state index in [-0.39, 0.29) is 22.3 Å². The standard InChI is InChI=1S/C14H15ClO4/c1-4-8(15)7-5-10(16)13-6-9(13)12(2,3)19-14(13,18)11(7)17/h4-5,9,18H,6H2,1-3H3/b8-4-/t9-,13+,14+/m0/s1. The lowest BCUT2D eigenvalue weighted by Crippen LogP contribution is -2.54.